The Balaban J connectivity index is 1.98. The molecule has 2 N–H and O–H groups in total. The molecule has 2 rings (SSSR count). The van der Waals surface area contributed by atoms with Crippen LogP contribution in [0.2, 0.25) is 5.02 Å². The molecule has 146 valence electrons. The van der Waals surface area contributed by atoms with Crippen LogP contribution in [-0.4, -0.2) is 27.5 Å². The summed E-state index contributed by atoms with van der Waals surface area (Å²) in [7, 11) is -3.64. The SMILES string of the molecule is CC(C)CNS(=O)(=O)c1ccc(OCC(=O)Nc2cccc(Br)c2)c(Cl)c1. The molecule has 0 fully saturated rings. The zero-order valence-corrected chi connectivity index (χ0v) is 18.0. The highest BCUT2D eigenvalue weighted by atomic mass is 79.9. The van der Waals surface area contributed by atoms with Crippen LogP contribution in [0.5, 0.6) is 5.75 Å². The minimum absolute atomic E-state index is 0.0408. The highest BCUT2D eigenvalue weighted by Crippen LogP contribution is 2.27. The monoisotopic (exact) mass is 474 g/mol. The number of carbonyl (C=O) groups excluding carboxylic acids is 1. The first-order chi connectivity index (χ1) is 12.7. The Morgan fingerprint density at radius 1 is 1.22 bits per heavy atom. The molecule has 27 heavy (non-hydrogen) atoms. The van der Waals surface area contributed by atoms with Crippen molar-refractivity contribution in [1.29, 1.82) is 0 Å². The van der Waals surface area contributed by atoms with E-state index in [-0.39, 0.29) is 34.1 Å². The van der Waals surface area contributed by atoms with Crippen molar-refractivity contribution in [3.63, 3.8) is 0 Å². The maximum absolute atomic E-state index is 12.2. The van der Waals surface area contributed by atoms with Crippen molar-refractivity contribution in [1.82, 2.24) is 4.72 Å². The highest BCUT2D eigenvalue weighted by Gasteiger charge is 2.16. The van der Waals surface area contributed by atoms with Crippen molar-refractivity contribution in [2.24, 2.45) is 5.92 Å². The third kappa shape index (κ3) is 6.80. The van der Waals surface area contributed by atoms with Gasteiger partial charge in [0.05, 0.1) is 9.92 Å². The maximum Gasteiger partial charge on any atom is 0.262 e. The molecule has 0 aromatic heterocycles. The topological polar surface area (TPSA) is 84.5 Å². The second-order valence-electron chi connectivity index (χ2n) is 6.19. The fourth-order valence-electron chi connectivity index (χ4n) is 2.03. The molecule has 0 bridgehead atoms. The Morgan fingerprint density at radius 2 is 1.96 bits per heavy atom. The summed E-state index contributed by atoms with van der Waals surface area (Å²) in [4.78, 5) is 12.0. The normalized spacial score (nSPS) is 11.4. The van der Waals surface area contributed by atoms with Crippen molar-refractivity contribution in [3.05, 3.63) is 52.0 Å². The molecule has 6 nitrogen and oxygen atoms in total. The molecular weight excluding hydrogens is 456 g/mol. The van der Waals surface area contributed by atoms with Crippen LogP contribution in [0.25, 0.3) is 0 Å². The Kier molecular flexibility index (Phi) is 7.67. The van der Waals surface area contributed by atoms with E-state index in [9.17, 15) is 13.2 Å². The third-order valence-corrected chi connectivity index (χ3v) is 5.57. The molecule has 0 aliphatic rings. The molecule has 2 aromatic rings. The zero-order chi connectivity index (χ0) is 20.0. The van der Waals surface area contributed by atoms with Gasteiger partial charge in [-0.15, -0.1) is 0 Å². The van der Waals surface area contributed by atoms with Crippen molar-refractivity contribution < 1.29 is 17.9 Å². The number of carbonyl (C=O) groups is 1. The number of hydrogen-bond acceptors (Lipinski definition) is 4. The van der Waals surface area contributed by atoms with Gasteiger partial charge in [0.1, 0.15) is 5.75 Å². The minimum Gasteiger partial charge on any atom is -0.482 e. The lowest BCUT2D eigenvalue weighted by Crippen LogP contribution is -2.27. The van der Waals surface area contributed by atoms with Gasteiger partial charge in [0.25, 0.3) is 5.91 Å². The number of amides is 1. The standard InChI is InChI=1S/C18H20BrClN2O4S/c1-12(2)10-21-27(24,25)15-6-7-17(16(20)9-15)26-11-18(23)22-14-5-3-4-13(19)8-14/h3-9,12,21H,10-11H2,1-2H3,(H,22,23). The van der Waals surface area contributed by atoms with Gasteiger partial charge in [-0.3, -0.25) is 4.79 Å². The van der Waals surface area contributed by atoms with Gasteiger partial charge in [0.2, 0.25) is 10.0 Å². The van der Waals surface area contributed by atoms with Crippen LogP contribution < -0.4 is 14.8 Å². The highest BCUT2D eigenvalue weighted by molar-refractivity contribution is 9.10. The molecule has 0 atom stereocenters. The summed E-state index contributed by atoms with van der Waals surface area (Å²) < 4.78 is 33.2. The van der Waals surface area contributed by atoms with E-state index < -0.39 is 10.0 Å². The summed E-state index contributed by atoms with van der Waals surface area (Å²) in [6.45, 7) is 3.88. The molecular formula is C18H20BrClN2O4S. The van der Waals surface area contributed by atoms with E-state index in [0.717, 1.165) is 4.47 Å². The van der Waals surface area contributed by atoms with Crippen LogP contribution in [0.4, 0.5) is 5.69 Å². The van der Waals surface area contributed by atoms with Crippen molar-refractivity contribution in [2.45, 2.75) is 18.7 Å². The van der Waals surface area contributed by atoms with Crippen molar-refractivity contribution in [2.75, 3.05) is 18.5 Å². The van der Waals surface area contributed by atoms with Crippen LogP contribution in [0.15, 0.2) is 51.8 Å². The smallest absolute Gasteiger partial charge is 0.262 e. The number of hydrogen-bond donors (Lipinski definition) is 2. The predicted octanol–water partition coefficient (Wildman–Crippen LogP) is 4.05. The summed E-state index contributed by atoms with van der Waals surface area (Å²) in [6.07, 6.45) is 0. The zero-order valence-electron chi connectivity index (χ0n) is 14.8. The summed E-state index contributed by atoms with van der Waals surface area (Å²) in [5, 5.41) is 2.80. The number of anilines is 1. The third-order valence-electron chi connectivity index (χ3n) is 3.36. The van der Waals surface area contributed by atoms with Crippen molar-refractivity contribution in [3.8, 4) is 5.75 Å². The van der Waals surface area contributed by atoms with Crippen molar-refractivity contribution >= 4 is 49.1 Å². The lowest BCUT2D eigenvalue weighted by molar-refractivity contribution is -0.118. The van der Waals surface area contributed by atoms with Crippen LogP contribution >= 0.6 is 27.5 Å². The van der Waals surface area contributed by atoms with Gasteiger partial charge >= 0.3 is 0 Å². The number of rotatable bonds is 8. The number of sulfonamides is 1. The predicted molar refractivity (Wildman–Crippen MR) is 110 cm³/mol. The van der Waals surface area contributed by atoms with Crippen LogP contribution in [-0.2, 0) is 14.8 Å². The summed E-state index contributed by atoms with van der Waals surface area (Å²) in [6, 6.07) is 11.3. The first-order valence-corrected chi connectivity index (χ1v) is 10.8. The van der Waals surface area contributed by atoms with Crippen LogP contribution in [0.3, 0.4) is 0 Å². The van der Waals surface area contributed by atoms with E-state index in [1.54, 1.807) is 18.2 Å². The average Bonchev–Trinajstić information content (AvgIpc) is 2.59. The summed E-state index contributed by atoms with van der Waals surface area (Å²) >= 11 is 9.43. The van der Waals surface area contributed by atoms with Gasteiger partial charge in [-0.05, 0) is 42.3 Å². The van der Waals surface area contributed by atoms with Gasteiger partial charge in [-0.1, -0.05) is 47.4 Å². The maximum atomic E-state index is 12.2. The van der Waals surface area contributed by atoms with E-state index in [1.807, 2.05) is 19.9 Å². The molecule has 0 spiro atoms. The van der Waals surface area contributed by atoms with E-state index >= 15 is 0 Å². The van der Waals surface area contributed by atoms with Gasteiger partial charge in [-0.25, -0.2) is 13.1 Å². The molecule has 0 saturated heterocycles. The Morgan fingerprint density at radius 3 is 2.59 bits per heavy atom. The molecule has 0 heterocycles. The van der Waals surface area contributed by atoms with E-state index in [4.69, 9.17) is 16.3 Å². The summed E-state index contributed by atoms with van der Waals surface area (Å²) in [5.41, 5.74) is 0.627. The molecule has 0 aliphatic carbocycles. The lowest BCUT2D eigenvalue weighted by atomic mass is 10.2. The van der Waals surface area contributed by atoms with Gasteiger partial charge in [0.15, 0.2) is 6.61 Å². The summed E-state index contributed by atoms with van der Waals surface area (Å²) in [5.74, 6) is 0.0462. The Labute approximate surface area is 172 Å². The number of nitrogens with one attached hydrogen (secondary N) is 2. The van der Waals surface area contributed by atoms with E-state index in [2.05, 4.69) is 26.0 Å². The molecule has 2 aromatic carbocycles. The van der Waals surface area contributed by atoms with Crippen LogP contribution in [0.1, 0.15) is 13.8 Å². The van der Waals surface area contributed by atoms with E-state index in [0.29, 0.717) is 12.2 Å². The van der Waals surface area contributed by atoms with Gasteiger partial charge in [-0.2, -0.15) is 0 Å². The molecule has 9 heteroatoms. The molecule has 0 aliphatic heterocycles. The molecule has 0 saturated carbocycles. The Bertz CT molecular complexity index is 919. The Hall–Kier alpha value is -1.61. The fourth-order valence-corrected chi connectivity index (χ4v) is 3.97. The largest absolute Gasteiger partial charge is 0.482 e. The molecule has 0 radical (unpaired) electrons. The first-order valence-electron chi connectivity index (χ1n) is 8.15. The second-order valence-corrected chi connectivity index (χ2v) is 9.28. The van der Waals surface area contributed by atoms with Gasteiger partial charge in [0, 0.05) is 16.7 Å². The first kappa shape index (κ1) is 21.7. The fraction of sp³-hybridized carbons (Fsp3) is 0.278. The number of benzene rings is 2. The average molecular weight is 476 g/mol. The minimum atomic E-state index is -3.64. The quantitative estimate of drug-likeness (QED) is 0.603. The number of ether oxygens (including phenoxy) is 1. The lowest BCUT2D eigenvalue weighted by Gasteiger charge is -2.12. The van der Waals surface area contributed by atoms with Crippen LogP contribution in [0, 0.1) is 5.92 Å². The molecule has 0 unspecified atom stereocenters. The molecule has 1 amide bonds. The van der Waals surface area contributed by atoms with E-state index in [1.165, 1.54) is 18.2 Å². The van der Waals surface area contributed by atoms with Gasteiger partial charge < -0.3 is 10.1 Å². The second kappa shape index (κ2) is 9.54. The number of halogens is 2.